The summed E-state index contributed by atoms with van der Waals surface area (Å²) in [5.41, 5.74) is 4.43. The van der Waals surface area contributed by atoms with E-state index in [1.807, 2.05) is 77.7 Å². The topological polar surface area (TPSA) is 85.9 Å². The van der Waals surface area contributed by atoms with Gasteiger partial charge in [0.2, 0.25) is 0 Å². The van der Waals surface area contributed by atoms with E-state index >= 15 is 0 Å². The van der Waals surface area contributed by atoms with E-state index in [0.717, 1.165) is 33.5 Å². The highest BCUT2D eigenvalue weighted by atomic mass is 16.5. The molecule has 0 spiro atoms. The quantitative estimate of drug-likeness (QED) is 0.347. The SMILES string of the molecule is CC(=O)c1ccc(N2CCN([C@H](C(=O)O)c3c[nH]c4cc(OCc5ccccc5)ccc34)CC2)cc1. The molecule has 0 saturated carbocycles. The van der Waals surface area contributed by atoms with Crippen molar-refractivity contribution in [1.29, 1.82) is 0 Å². The van der Waals surface area contributed by atoms with E-state index in [4.69, 9.17) is 4.74 Å². The highest BCUT2D eigenvalue weighted by molar-refractivity contribution is 5.94. The average Bonchev–Trinajstić information content (AvgIpc) is 3.31. The van der Waals surface area contributed by atoms with Crippen LogP contribution in [0.1, 0.15) is 34.5 Å². The van der Waals surface area contributed by atoms with Crippen LogP contribution in [-0.4, -0.2) is 52.9 Å². The Morgan fingerprint density at radius 3 is 2.36 bits per heavy atom. The number of aliphatic carboxylic acids is 1. The van der Waals surface area contributed by atoms with Gasteiger partial charge in [-0.2, -0.15) is 0 Å². The third kappa shape index (κ3) is 4.97. The number of hydrogen-bond acceptors (Lipinski definition) is 5. The number of nitrogens with zero attached hydrogens (tertiary/aromatic N) is 2. The van der Waals surface area contributed by atoms with Crippen molar-refractivity contribution in [2.45, 2.75) is 19.6 Å². The van der Waals surface area contributed by atoms with Crippen LogP contribution in [0, 0.1) is 0 Å². The molecule has 5 rings (SSSR count). The normalized spacial score (nSPS) is 15.1. The molecule has 2 heterocycles. The molecule has 0 radical (unpaired) electrons. The molecule has 1 atom stereocenters. The third-order valence-corrected chi connectivity index (χ3v) is 6.78. The van der Waals surface area contributed by atoms with Gasteiger partial charge in [-0.15, -0.1) is 0 Å². The number of hydrogen-bond donors (Lipinski definition) is 2. The lowest BCUT2D eigenvalue weighted by molar-refractivity contribution is -0.143. The fraction of sp³-hybridized carbons (Fsp3) is 0.241. The molecule has 1 aliphatic rings. The first-order valence-electron chi connectivity index (χ1n) is 12.1. The molecule has 0 amide bonds. The standard InChI is InChI=1S/C29H29N3O4/c1-20(33)22-7-9-23(10-8-22)31-13-15-32(16-14-31)28(29(34)35)26-18-30-27-17-24(11-12-25(26)27)36-19-21-5-3-2-4-6-21/h2-12,17-18,28,30H,13-16,19H2,1H3,(H,34,35)/t28-/m0/s1. The number of aromatic amines is 1. The first kappa shape index (κ1) is 23.6. The van der Waals surface area contributed by atoms with Crippen molar-refractivity contribution in [3.05, 3.63) is 95.7 Å². The van der Waals surface area contributed by atoms with Gasteiger partial charge in [0.1, 0.15) is 18.4 Å². The number of ether oxygens (including phenoxy) is 1. The number of piperazine rings is 1. The summed E-state index contributed by atoms with van der Waals surface area (Å²) < 4.78 is 5.94. The average molecular weight is 484 g/mol. The molecule has 4 aromatic rings. The minimum atomic E-state index is -0.862. The van der Waals surface area contributed by atoms with E-state index in [1.165, 1.54) is 0 Å². The summed E-state index contributed by atoms with van der Waals surface area (Å²) >= 11 is 0. The van der Waals surface area contributed by atoms with Crippen LogP contribution in [0.15, 0.2) is 79.0 Å². The predicted octanol–water partition coefficient (Wildman–Crippen LogP) is 4.90. The van der Waals surface area contributed by atoms with E-state index < -0.39 is 12.0 Å². The molecule has 0 unspecified atom stereocenters. The molecule has 2 N–H and O–H groups in total. The molecule has 0 bridgehead atoms. The largest absolute Gasteiger partial charge is 0.489 e. The summed E-state index contributed by atoms with van der Waals surface area (Å²) in [5, 5.41) is 11.0. The summed E-state index contributed by atoms with van der Waals surface area (Å²) in [7, 11) is 0. The highest BCUT2D eigenvalue weighted by Gasteiger charge is 2.32. The monoisotopic (exact) mass is 483 g/mol. The summed E-state index contributed by atoms with van der Waals surface area (Å²) in [6, 6.07) is 22.6. The molecule has 184 valence electrons. The lowest BCUT2D eigenvalue weighted by Crippen LogP contribution is -2.49. The Balaban J connectivity index is 1.28. The predicted molar refractivity (Wildman–Crippen MR) is 140 cm³/mol. The van der Waals surface area contributed by atoms with Crippen molar-refractivity contribution in [1.82, 2.24) is 9.88 Å². The first-order chi connectivity index (χ1) is 17.5. The van der Waals surface area contributed by atoms with Crippen molar-refractivity contribution in [3.8, 4) is 5.75 Å². The second-order valence-electron chi connectivity index (χ2n) is 9.09. The Hall–Kier alpha value is -4.10. The number of carboxylic acid groups (broad SMARTS) is 1. The van der Waals surface area contributed by atoms with Gasteiger partial charge in [0.05, 0.1) is 0 Å². The van der Waals surface area contributed by atoms with Gasteiger partial charge in [-0.3, -0.25) is 14.5 Å². The second kappa shape index (κ2) is 10.3. The van der Waals surface area contributed by atoms with Crippen molar-refractivity contribution in [3.63, 3.8) is 0 Å². The summed E-state index contributed by atoms with van der Waals surface area (Å²) in [6.07, 6.45) is 1.80. The number of ketones is 1. The van der Waals surface area contributed by atoms with Gasteiger partial charge in [-0.25, -0.2) is 0 Å². The second-order valence-corrected chi connectivity index (χ2v) is 9.09. The fourth-order valence-electron chi connectivity index (χ4n) is 4.82. The molecular weight excluding hydrogens is 454 g/mol. The smallest absolute Gasteiger partial charge is 0.325 e. The molecule has 7 nitrogen and oxygen atoms in total. The maximum absolute atomic E-state index is 12.4. The van der Waals surface area contributed by atoms with E-state index in [9.17, 15) is 14.7 Å². The van der Waals surface area contributed by atoms with Gasteiger partial charge >= 0.3 is 5.97 Å². The van der Waals surface area contributed by atoms with Crippen LogP contribution in [0.25, 0.3) is 10.9 Å². The number of carboxylic acids is 1. The number of H-pyrrole nitrogens is 1. The summed E-state index contributed by atoms with van der Waals surface area (Å²) in [4.78, 5) is 31.4. The molecule has 1 fully saturated rings. The Bertz CT molecular complexity index is 1360. The number of anilines is 1. The van der Waals surface area contributed by atoms with Crippen LogP contribution < -0.4 is 9.64 Å². The van der Waals surface area contributed by atoms with Gasteiger partial charge in [-0.05, 0) is 48.9 Å². The Morgan fingerprint density at radius 2 is 1.69 bits per heavy atom. The zero-order chi connectivity index (χ0) is 25.1. The van der Waals surface area contributed by atoms with E-state index in [2.05, 4.69) is 9.88 Å². The van der Waals surface area contributed by atoms with Crippen molar-refractivity contribution in [2.75, 3.05) is 31.1 Å². The maximum Gasteiger partial charge on any atom is 0.325 e. The minimum absolute atomic E-state index is 0.0456. The maximum atomic E-state index is 12.4. The molecule has 1 aliphatic heterocycles. The zero-order valence-electron chi connectivity index (χ0n) is 20.2. The minimum Gasteiger partial charge on any atom is -0.489 e. The molecular formula is C29H29N3O4. The van der Waals surface area contributed by atoms with Gasteiger partial charge in [0.25, 0.3) is 0 Å². The van der Waals surface area contributed by atoms with Crippen LogP contribution in [0.2, 0.25) is 0 Å². The van der Waals surface area contributed by atoms with E-state index in [1.54, 1.807) is 13.1 Å². The number of aromatic nitrogens is 1. The van der Waals surface area contributed by atoms with Crippen LogP contribution in [-0.2, 0) is 11.4 Å². The molecule has 1 saturated heterocycles. The highest BCUT2D eigenvalue weighted by Crippen LogP contribution is 2.32. The van der Waals surface area contributed by atoms with E-state index in [-0.39, 0.29) is 5.78 Å². The lowest BCUT2D eigenvalue weighted by atomic mass is 10.0. The van der Waals surface area contributed by atoms with Crippen molar-refractivity contribution in [2.24, 2.45) is 0 Å². The number of fused-ring (bicyclic) bond motifs is 1. The zero-order valence-corrected chi connectivity index (χ0v) is 20.2. The summed E-state index contributed by atoms with van der Waals surface area (Å²) in [6.45, 7) is 4.70. The van der Waals surface area contributed by atoms with Gasteiger partial charge in [0, 0.05) is 66.2 Å². The fourth-order valence-corrected chi connectivity index (χ4v) is 4.82. The van der Waals surface area contributed by atoms with Gasteiger partial charge in [-0.1, -0.05) is 30.3 Å². The van der Waals surface area contributed by atoms with Crippen LogP contribution in [0.5, 0.6) is 5.75 Å². The van der Waals surface area contributed by atoms with Gasteiger partial charge in [0.15, 0.2) is 5.78 Å². The molecule has 0 aliphatic carbocycles. The van der Waals surface area contributed by atoms with Gasteiger partial charge < -0.3 is 19.7 Å². The number of carbonyl (C=O) groups is 2. The molecule has 36 heavy (non-hydrogen) atoms. The number of rotatable bonds is 8. The van der Waals surface area contributed by atoms with Crippen molar-refractivity contribution >= 4 is 28.3 Å². The third-order valence-electron chi connectivity index (χ3n) is 6.78. The van der Waals surface area contributed by atoms with Crippen molar-refractivity contribution < 1.29 is 19.4 Å². The number of benzene rings is 3. The molecule has 1 aromatic heterocycles. The Morgan fingerprint density at radius 1 is 0.972 bits per heavy atom. The first-order valence-corrected chi connectivity index (χ1v) is 12.1. The Kier molecular flexibility index (Phi) is 6.73. The Labute approximate surface area is 209 Å². The summed E-state index contributed by atoms with van der Waals surface area (Å²) in [5.74, 6) is -0.0834. The van der Waals surface area contributed by atoms with Crippen LogP contribution in [0.3, 0.4) is 0 Å². The number of carbonyl (C=O) groups excluding carboxylic acids is 1. The van der Waals surface area contributed by atoms with Crippen LogP contribution >= 0.6 is 0 Å². The molecule has 3 aromatic carbocycles. The number of nitrogens with one attached hydrogen (secondary N) is 1. The van der Waals surface area contributed by atoms with E-state index in [0.29, 0.717) is 38.3 Å². The lowest BCUT2D eigenvalue weighted by Gasteiger charge is -2.38. The molecule has 7 heteroatoms. The van der Waals surface area contributed by atoms with Crippen LogP contribution in [0.4, 0.5) is 5.69 Å². The number of Topliss-reactive ketones (excluding diaryl/α,β-unsaturated/α-hetero) is 1.